The molecule has 0 unspecified atom stereocenters. The zero-order valence-electron chi connectivity index (χ0n) is 15.0. The van der Waals surface area contributed by atoms with E-state index in [9.17, 15) is 9.90 Å². The Morgan fingerprint density at radius 1 is 1.08 bits per heavy atom. The third-order valence-corrected chi connectivity index (χ3v) is 5.73. The minimum absolute atomic E-state index is 0.0280. The molecule has 0 amide bonds. The highest BCUT2D eigenvalue weighted by molar-refractivity contribution is 7.12. The van der Waals surface area contributed by atoms with E-state index in [0.717, 1.165) is 24.8 Å². The molecule has 1 N–H and O–H groups in total. The predicted molar refractivity (Wildman–Crippen MR) is 106 cm³/mol. The molecule has 0 spiro atoms. The lowest BCUT2D eigenvalue weighted by Crippen LogP contribution is -2.02. The van der Waals surface area contributed by atoms with Gasteiger partial charge in [-0.05, 0) is 54.2 Å². The van der Waals surface area contributed by atoms with Gasteiger partial charge in [-0.3, -0.25) is 0 Å². The van der Waals surface area contributed by atoms with Crippen LogP contribution in [0.1, 0.15) is 32.6 Å². The Morgan fingerprint density at radius 3 is 2.50 bits per heavy atom. The molecule has 0 radical (unpaired) electrons. The number of carbonyl (C=O) groups excluding carboxylic acids is 1. The Bertz CT molecular complexity index is 897. The van der Waals surface area contributed by atoms with Gasteiger partial charge in [-0.15, -0.1) is 11.3 Å². The fourth-order valence-corrected chi connectivity index (χ4v) is 4.14. The van der Waals surface area contributed by atoms with E-state index in [1.54, 1.807) is 12.1 Å². The van der Waals surface area contributed by atoms with Gasteiger partial charge in [0, 0.05) is 9.75 Å². The molecule has 134 valence electrons. The summed E-state index contributed by atoms with van der Waals surface area (Å²) in [5, 5.41) is 10.0. The molecule has 1 heterocycles. The number of ether oxygens (including phenoxy) is 1. The number of phenols is 1. The largest absolute Gasteiger partial charge is 0.507 e. The number of hydrogen-bond donors (Lipinski definition) is 1. The third kappa shape index (κ3) is 3.97. The zero-order valence-corrected chi connectivity index (χ0v) is 15.8. The summed E-state index contributed by atoms with van der Waals surface area (Å²) < 4.78 is 4.66. The fourth-order valence-electron chi connectivity index (χ4n) is 3.01. The summed E-state index contributed by atoms with van der Waals surface area (Å²) in [5.41, 5.74) is 3.78. The quantitative estimate of drug-likeness (QED) is 0.606. The van der Waals surface area contributed by atoms with Crippen LogP contribution in [0.25, 0.3) is 11.1 Å². The lowest BCUT2D eigenvalue weighted by molar-refractivity contribution is 0.0597. The topological polar surface area (TPSA) is 46.5 Å². The van der Waals surface area contributed by atoms with Crippen LogP contribution in [0.2, 0.25) is 0 Å². The second-order valence-electron chi connectivity index (χ2n) is 6.11. The smallest absolute Gasteiger partial charge is 0.341 e. The first-order valence-electron chi connectivity index (χ1n) is 8.69. The van der Waals surface area contributed by atoms with Crippen molar-refractivity contribution in [2.75, 3.05) is 7.11 Å². The van der Waals surface area contributed by atoms with Crippen molar-refractivity contribution < 1.29 is 14.6 Å². The predicted octanol–water partition coefficient (Wildman–Crippen LogP) is 5.25. The van der Waals surface area contributed by atoms with Crippen LogP contribution in [0.5, 0.6) is 5.75 Å². The van der Waals surface area contributed by atoms with E-state index in [1.165, 1.54) is 28.0 Å². The number of rotatable bonds is 6. The van der Waals surface area contributed by atoms with Gasteiger partial charge in [-0.1, -0.05) is 43.3 Å². The Kier molecular flexibility index (Phi) is 5.74. The highest BCUT2D eigenvalue weighted by Crippen LogP contribution is 2.33. The lowest BCUT2D eigenvalue weighted by Gasteiger charge is -2.05. The van der Waals surface area contributed by atoms with Crippen molar-refractivity contribution in [2.45, 2.75) is 26.2 Å². The molecule has 0 aliphatic heterocycles. The molecule has 0 saturated heterocycles. The van der Waals surface area contributed by atoms with Crippen molar-refractivity contribution in [1.82, 2.24) is 0 Å². The number of benzene rings is 2. The molecule has 4 heteroatoms. The van der Waals surface area contributed by atoms with Crippen molar-refractivity contribution >= 4 is 17.3 Å². The van der Waals surface area contributed by atoms with Crippen molar-refractivity contribution in [3.8, 4) is 16.9 Å². The van der Waals surface area contributed by atoms with Gasteiger partial charge in [-0.2, -0.15) is 0 Å². The van der Waals surface area contributed by atoms with Gasteiger partial charge >= 0.3 is 5.97 Å². The summed E-state index contributed by atoms with van der Waals surface area (Å²) in [6.45, 7) is 2.19. The van der Waals surface area contributed by atoms with Crippen molar-refractivity contribution in [3.63, 3.8) is 0 Å². The van der Waals surface area contributed by atoms with Gasteiger partial charge in [0.15, 0.2) is 0 Å². The lowest BCUT2D eigenvalue weighted by atomic mass is 10.0. The minimum atomic E-state index is -0.521. The maximum Gasteiger partial charge on any atom is 0.341 e. The number of aromatic hydroxyl groups is 1. The fraction of sp³-hybridized carbons (Fsp3) is 0.227. The van der Waals surface area contributed by atoms with Gasteiger partial charge in [-0.25, -0.2) is 4.79 Å². The maximum absolute atomic E-state index is 11.6. The van der Waals surface area contributed by atoms with E-state index in [4.69, 9.17) is 0 Å². The molecule has 0 atom stereocenters. The van der Waals surface area contributed by atoms with Gasteiger partial charge in [0.25, 0.3) is 0 Å². The zero-order chi connectivity index (χ0) is 18.5. The van der Waals surface area contributed by atoms with Crippen molar-refractivity contribution in [1.29, 1.82) is 0 Å². The number of esters is 1. The number of aryl methyl sites for hydroxylation is 3. The van der Waals surface area contributed by atoms with Crippen LogP contribution in [-0.2, 0) is 24.0 Å². The van der Waals surface area contributed by atoms with E-state index in [0.29, 0.717) is 0 Å². The van der Waals surface area contributed by atoms with Crippen molar-refractivity contribution in [2.24, 2.45) is 0 Å². The average Bonchev–Trinajstić information content (AvgIpc) is 3.10. The van der Waals surface area contributed by atoms with E-state index in [1.807, 2.05) is 23.5 Å². The molecule has 0 saturated carbocycles. The molecule has 0 aliphatic rings. The van der Waals surface area contributed by atoms with Crippen LogP contribution in [0, 0.1) is 0 Å². The monoisotopic (exact) mass is 366 g/mol. The molecule has 3 aromatic rings. The Morgan fingerprint density at radius 2 is 1.85 bits per heavy atom. The maximum atomic E-state index is 11.6. The van der Waals surface area contributed by atoms with Crippen molar-refractivity contribution in [3.05, 3.63) is 75.5 Å². The Hall–Kier alpha value is -2.59. The first-order chi connectivity index (χ1) is 12.6. The van der Waals surface area contributed by atoms with Crippen LogP contribution in [0.15, 0.2) is 54.6 Å². The first-order valence-corrected chi connectivity index (χ1v) is 9.51. The van der Waals surface area contributed by atoms with E-state index in [2.05, 4.69) is 42.0 Å². The minimum Gasteiger partial charge on any atom is -0.507 e. The van der Waals surface area contributed by atoms with Crippen LogP contribution >= 0.6 is 11.3 Å². The van der Waals surface area contributed by atoms with E-state index in [-0.39, 0.29) is 11.3 Å². The van der Waals surface area contributed by atoms with Crippen LogP contribution in [-0.4, -0.2) is 18.2 Å². The summed E-state index contributed by atoms with van der Waals surface area (Å²) in [6, 6.07) is 17.9. The standard InChI is InChI=1S/C22H22O3S/c1-3-21-19(16-7-5-4-6-8-16)14-17(26-21)11-9-15-10-12-18(20(23)13-15)22(24)25-2/h4-8,10,12-14,23H,3,9,11H2,1-2H3. The number of methoxy groups -OCH3 is 1. The molecule has 2 aromatic carbocycles. The van der Waals surface area contributed by atoms with E-state index >= 15 is 0 Å². The van der Waals surface area contributed by atoms with Crippen LogP contribution < -0.4 is 0 Å². The second kappa shape index (κ2) is 8.19. The first kappa shape index (κ1) is 18.2. The molecule has 26 heavy (non-hydrogen) atoms. The summed E-state index contributed by atoms with van der Waals surface area (Å²) in [4.78, 5) is 14.3. The number of thiophene rings is 1. The molecule has 0 bridgehead atoms. The van der Waals surface area contributed by atoms with Crippen LogP contribution in [0.4, 0.5) is 0 Å². The third-order valence-electron chi connectivity index (χ3n) is 4.39. The average molecular weight is 366 g/mol. The summed E-state index contributed by atoms with van der Waals surface area (Å²) in [6.07, 6.45) is 2.73. The number of carbonyl (C=O) groups is 1. The van der Waals surface area contributed by atoms with Crippen LogP contribution in [0.3, 0.4) is 0 Å². The highest BCUT2D eigenvalue weighted by atomic mass is 32.1. The van der Waals surface area contributed by atoms with Gasteiger partial charge in [0.1, 0.15) is 11.3 Å². The van der Waals surface area contributed by atoms with Gasteiger partial charge in [0.2, 0.25) is 0 Å². The second-order valence-corrected chi connectivity index (χ2v) is 7.33. The van der Waals surface area contributed by atoms with Gasteiger partial charge < -0.3 is 9.84 Å². The molecule has 3 rings (SSSR count). The number of phenolic OH excluding ortho intramolecular Hbond substituents is 1. The Labute approximate surface area is 157 Å². The molecule has 0 fully saturated rings. The molecule has 0 aliphatic carbocycles. The highest BCUT2D eigenvalue weighted by Gasteiger charge is 2.13. The SMILES string of the molecule is CCc1sc(CCc2ccc(C(=O)OC)c(O)c2)cc1-c1ccccc1. The molecular weight excluding hydrogens is 344 g/mol. The normalized spacial score (nSPS) is 10.7. The summed E-state index contributed by atoms with van der Waals surface area (Å²) in [7, 11) is 1.31. The summed E-state index contributed by atoms with van der Waals surface area (Å²) in [5.74, 6) is -0.549. The summed E-state index contributed by atoms with van der Waals surface area (Å²) >= 11 is 1.85. The molecular formula is C22H22O3S. The van der Waals surface area contributed by atoms with E-state index < -0.39 is 5.97 Å². The number of hydrogen-bond acceptors (Lipinski definition) is 4. The van der Waals surface area contributed by atoms with Gasteiger partial charge in [0.05, 0.1) is 7.11 Å². The molecule has 1 aromatic heterocycles. The molecule has 3 nitrogen and oxygen atoms in total. The Balaban J connectivity index is 1.75.